The van der Waals surface area contributed by atoms with Gasteiger partial charge in [-0.1, -0.05) is 35.3 Å². The lowest BCUT2D eigenvalue weighted by atomic mass is 9.91. The number of halogens is 11. The van der Waals surface area contributed by atoms with E-state index in [0.717, 1.165) is 18.2 Å². The Bertz CT molecular complexity index is 1330. The Balaban J connectivity index is 1.94. The summed E-state index contributed by atoms with van der Waals surface area (Å²) < 4.78 is 123. The van der Waals surface area contributed by atoms with E-state index in [1.165, 1.54) is 6.07 Å². The fourth-order valence-corrected chi connectivity index (χ4v) is 4.08. The molecule has 1 aliphatic carbocycles. The average Bonchev–Trinajstić information content (AvgIpc) is 3.61. The summed E-state index contributed by atoms with van der Waals surface area (Å²) in [5, 5.41) is 3.50. The predicted octanol–water partition coefficient (Wildman–Crippen LogP) is 7.70. The molecule has 0 radical (unpaired) electrons. The molecule has 0 spiro atoms. The second-order valence-corrected chi connectivity index (χ2v) is 10.0. The molecule has 1 atom stereocenters. The highest BCUT2D eigenvalue weighted by molar-refractivity contribution is 6.42. The summed E-state index contributed by atoms with van der Waals surface area (Å²) in [6, 6.07) is 4.93. The van der Waals surface area contributed by atoms with Crippen molar-refractivity contribution in [2.24, 2.45) is 0 Å². The van der Waals surface area contributed by atoms with Gasteiger partial charge in [0.05, 0.1) is 27.1 Å². The van der Waals surface area contributed by atoms with Crippen molar-refractivity contribution in [3.8, 4) is 0 Å². The number of alkyl halides is 8. The molecule has 15 heteroatoms. The highest BCUT2D eigenvalue weighted by Gasteiger charge is 2.52. The third-order valence-corrected chi connectivity index (χ3v) is 6.73. The second-order valence-electron chi connectivity index (χ2n) is 9.21. The lowest BCUT2D eigenvalue weighted by Crippen LogP contribution is -2.51. The number of carbonyl (C=O) groups is 2. The van der Waals surface area contributed by atoms with Gasteiger partial charge in [-0.3, -0.25) is 9.59 Å². The van der Waals surface area contributed by atoms with Crippen molar-refractivity contribution in [3.05, 3.63) is 74.8 Å². The quantitative estimate of drug-likeness (QED) is 0.297. The summed E-state index contributed by atoms with van der Waals surface area (Å²) in [6.07, 6.45) is -9.84. The van der Waals surface area contributed by atoms with Gasteiger partial charge in [0.25, 0.3) is 11.8 Å². The molecule has 0 bridgehead atoms. The van der Waals surface area contributed by atoms with E-state index in [1.54, 1.807) is 5.32 Å². The van der Waals surface area contributed by atoms with E-state index < -0.39 is 70.6 Å². The lowest BCUT2D eigenvalue weighted by Gasteiger charge is -2.22. The third-order valence-electron chi connectivity index (χ3n) is 5.99. The van der Waals surface area contributed by atoms with Gasteiger partial charge < -0.3 is 10.6 Å². The number of hydrogen-bond donors (Lipinski definition) is 2. The van der Waals surface area contributed by atoms with E-state index in [0.29, 0.717) is 19.1 Å². The van der Waals surface area contributed by atoms with Crippen LogP contribution in [0, 0.1) is 0 Å². The number of rotatable bonds is 8. The van der Waals surface area contributed by atoms with Crippen molar-refractivity contribution in [1.82, 2.24) is 10.6 Å². The average molecular weight is 621 g/mol. The normalized spacial score (nSPS) is 16.4. The Morgan fingerprint density at radius 2 is 1.60 bits per heavy atom. The molecule has 2 N–H and O–H groups in total. The molecular weight excluding hydrogens is 602 g/mol. The zero-order valence-electron chi connectivity index (χ0n) is 20.2. The first-order chi connectivity index (χ1) is 18.2. The fourth-order valence-electron chi connectivity index (χ4n) is 3.78. The van der Waals surface area contributed by atoms with Gasteiger partial charge in [-0.25, -0.2) is 13.2 Å². The minimum absolute atomic E-state index is 0.0301. The van der Waals surface area contributed by atoms with Crippen LogP contribution < -0.4 is 10.6 Å². The number of allylic oxidation sites excluding steroid dienone is 1. The van der Waals surface area contributed by atoms with Crippen LogP contribution in [0.25, 0.3) is 5.83 Å². The minimum atomic E-state index is -5.24. The molecule has 4 nitrogen and oxygen atoms in total. The largest absolute Gasteiger partial charge is 0.417 e. The molecule has 218 valence electrons. The highest BCUT2D eigenvalue weighted by atomic mass is 35.5. The molecule has 0 saturated heterocycles. The van der Waals surface area contributed by atoms with Crippen molar-refractivity contribution < 1.29 is 49.1 Å². The molecular formula is C25H19Cl2F9N2O2. The van der Waals surface area contributed by atoms with E-state index in [4.69, 9.17) is 23.2 Å². The van der Waals surface area contributed by atoms with Crippen LogP contribution in [0.2, 0.25) is 10.0 Å². The van der Waals surface area contributed by atoms with Crippen LogP contribution in [0.1, 0.15) is 52.7 Å². The summed E-state index contributed by atoms with van der Waals surface area (Å²) in [6.45, 7) is -1.24. The molecule has 1 fully saturated rings. The number of benzene rings is 2. The van der Waals surface area contributed by atoms with Crippen molar-refractivity contribution >= 4 is 40.8 Å². The van der Waals surface area contributed by atoms with E-state index in [9.17, 15) is 44.7 Å². The van der Waals surface area contributed by atoms with Crippen LogP contribution in [-0.4, -0.2) is 36.0 Å². The van der Waals surface area contributed by atoms with E-state index in [1.807, 2.05) is 5.32 Å². The molecule has 0 heterocycles. The first kappa shape index (κ1) is 31.6. The maximum absolute atomic E-state index is 15.1. The Hall–Kier alpha value is -2.93. The first-order valence-electron chi connectivity index (χ1n) is 11.3. The summed E-state index contributed by atoms with van der Waals surface area (Å²) in [5.41, 5.74) is -5.52. The molecule has 2 aromatic rings. The molecule has 2 aromatic carbocycles. The van der Waals surface area contributed by atoms with E-state index in [2.05, 4.69) is 0 Å². The summed E-state index contributed by atoms with van der Waals surface area (Å²) in [7, 11) is 0. The number of amides is 2. The molecule has 1 saturated carbocycles. The van der Waals surface area contributed by atoms with Crippen LogP contribution in [0.15, 0.2) is 42.5 Å². The van der Waals surface area contributed by atoms with Gasteiger partial charge in [0.1, 0.15) is 17.9 Å². The SMILES string of the molecule is CC(F)(F)C(C=C(F)c1ccc(C(=O)NC2(C(=O)NCC(F)(F)F)CC2)c(C(F)(F)F)c1)c1ccc(Cl)c(Cl)c1. The standard InChI is InChI=1S/C25H19Cl2F9N2O2/c1-22(29,30)15(12-3-5-17(26)18(27)9-12)10-19(28)13-2-4-14(16(8-13)25(34,35)36)20(39)38-23(6-7-23)21(40)37-11-24(31,32)33/h2-5,8-10,15H,6-7,11H2,1H3,(H,37,40)(H,38,39). The fraction of sp³-hybridized carbons (Fsp3) is 0.360. The van der Waals surface area contributed by atoms with Gasteiger partial charge in [-0.15, -0.1) is 0 Å². The molecule has 0 aromatic heterocycles. The van der Waals surface area contributed by atoms with Gasteiger partial charge in [0.15, 0.2) is 0 Å². The summed E-state index contributed by atoms with van der Waals surface area (Å²) in [4.78, 5) is 24.8. The Morgan fingerprint density at radius 3 is 2.10 bits per heavy atom. The van der Waals surface area contributed by atoms with Crippen LogP contribution in [-0.2, 0) is 11.0 Å². The van der Waals surface area contributed by atoms with Crippen molar-refractivity contribution in [2.75, 3.05) is 6.54 Å². The van der Waals surface area contributed by atoms with E-state index >= 15 is 4.39 Å². The maximum Gasteiger partial charge on any atom is 0.417 e. The van der Waals surface area contributed by atoms with Crippen molar-refractivity contribution in [2.45, 2.75) is 49.5 Å². The van der Waals surface area contributed by atoms with Crippen molar-refractivity contribution in [3.63, 3.8) is 0 Å². The summed E-state index contributed by atoms with van der Waals surface area (Å²) >= 11 is 11.6. The maximum atomic E-state index is 15.1. The van der Waals surface area contributed by atoms with Crippen LogP contribution in [0.3, 0.4) is 0 Å². The number of hydrogen-bond acceptors (Lipinski definition) is 2. The van der Waals surface area contributed by atoms with Gasteiger partial charge in [0, 0.05) is 12.5 Å². The highest BCUT2D eigenvalue weighted by Crippen LogP contribution is 2.41. The molecule has 0 aliphatic heterocycles. The zero-order chi connectivity index (χ0) is 30.3. The lowest BCUT2D eigenvalue weighted by molar-refractivity contribution is -0.140. The monoisotopic (exact) mass is 620 g/mol. The number of nitrogens with one attached hydrogen (secondary N) is 2. The minimum Gasteiger partial charge on any atom is -0.345 e. The van der Waals surface area contributed by atoms with Crippen LogP contribution in [0.4, 0.5) is 39.5 Å². The van der Waals surface area contributed by atoms with Gasteiger partial charge in [-0.2, -0.15) is 26.3 Å². The number of carbonyl (C=O) groups excluding carboxylic acids is 2. The van der Waals surface area contributed by atoms with Gasteiger partial charge >= 0.3 is 12.4 Å². The molecule has 1 unspecified atom stereocenters. The Kier molecular flexibility index (Phi) is 8.81. The van der Waals surface area contributed by atoms with Gasteiger partial charge in [0.2, 0.25) is 5.91 Å². The third kappa shape index (κ3) is 7.62. The summed E-state index contributed by atoms with van der Waals surface area (Å²) in [5.74, 6) is -9.71. The molecule has 1 aliphatic rings. The molecule has 3 rings (SSSR count). The smallest absolute Gasteiger partial charge is 0.345 e. The Morgan fingerprint density at radius 1 is 0.975 bits per heavy atom. The molecule has 2 amide bonds. The van der Waals surface area contributed by atoms with Gasteiger partial charge in [-0.05, 0) is 48.7 Å². The second kappa shape index (κ2) is 11.2. The topological polar surface area (TPSA) is 58.2 Å². The first-order valence-corrected chi connectivity index (χ1v) is 12.1. The Labute approximate surface area is 231 Å². The molecule has 40 heavy (non-hydrogen) atoms. The van der Waals surface area contributed by atoms with E-state index in [-0.39, 0.29) is 34.5 Å². The van der Waals surface area contributed by atoms with Crippen LogP contribution in [0.5, 0.6) is 0 Å². The van der Waals surface area contributed by atoms with Crippen LogP contribution >= 0.6 is 23.2 Å². The zero-order valence-corrected chi connectivity index (χ0v) is 21.7. The van der Waals surface area contributed by atoms with Crippen molar-refractivity contribution in [1.29, 1.82) is 0 Å². The predicted molar refractivity (Wildman–Crippen MR) is 129 cm³/mol.